The Morgan fingerprint density at radius 2 is 1.65 bits per heavy atom. The Bertz CT molecular complexity index is 243. The predicted molar refractivity (Wildman–Crippen MR) is 93.8 cm³/mol. The van der Waals surface area contributed by atoms with E-state index in [1.54, 1.807) is 0 Å². The van der Waals surface area contributed by atoms with Gasteiger partial charge >= 0.3 is 0 Å². The Morgan fingerprint density at radius 3 is 2.05 bits per heavy atom. The van der Waals surface area contributed by atoms with Gasteiger partial charge in [0, 0.05) is 17.9 Å². The fourth-order valence-electron chi connectivity index (χ4n) is 3.85. The lowest BCUT2D eigenvalue weighted by Crippen LogP contribution is -2.47. The lowest BCUT2D eigenvalue weighted by molar-refractivity contribution is 0.0869. The van der Waals surface area contributed by atoms with E-state index >= 15 is 0 Å². The molecule has 0 aromatic heterocycles. The summed E-state index contributed by atoms with van der Waals surface area (Å²) in [5.74, 6) is 0. The van der Waals surface area contributed by atoms with Crippen molar-refractivity contribution in [3.8, 4) is 0 Å². The topological polar surface area (TPSA) is 6.48 Å². The second-order valence-electron chi connectivity index (χ2n) is 6.71. The maximum Gasteiger partial charge on any atom is 0.0117 e. The summed E-state index contributed by atoms with van der Waals surface area (Å²) in [6.07, 6.45) is 8.00. The molecule has 0 aromatic rings. The first-order valence-corrected chi connectivity index (χ1v) is 9.71. The van der Waals surface area contributed by atoms with Crippen molar-refractivity contribution in [1.29, 1.82) is 0 Å². The van der Waals surface area contributed by atoms with Gasteiger partial charge in [-0.15, -0.1) is 0 Å². The minimum atomic E-state index is 0.486. The number of hydrogen-bond donors (Lipinski definition) is 0. The molecule has 1 rings (SSSR count). The second kappa shape index (κ2) is 9.42. The van der Waals surface area contributed by atoms with Gasteiger partial charge in [0.25, 0.3) is 0 Å². The molecule has 3 heteroatoms. The zero-order valence-corrected chi connectivity index (χ0v) is 15.7. The lowest BCUT2D eigenvalue weighted by atomic mass is 9.80. The lowest BCUT2D eigenvalue weighted by Gasteiger charge is -2.42. The number of rotatable bonds is 9. The van der Waals surface area contributed by atoms with E-state index in [0.29, 0.717) is 5.41 Å². The summed E-state index contributed by atoms with van der Waals surface area (Å²) in [6.45, 7) is 12.0. The summed E-state index contributed by atoms with van der Waals surface area (Å²) in [7, 11) is 2.36. The highest BCUT2D eigenvalue weighted by molar-refractivity contribution is 9.09. The van der Waals surface area contributed by atoms with Crippen molar-refractivity contribution in [2.24, 2.45) is 5.41 Å². The molecule has 1 heterocycles. The van der Waals surface area contributed by atoms with Crippen LogP contribution >= 0.6 is 15.9 Å². The zero-order valence-electron chi connectivity index (χ0n) is 14.1. The Morgan fingerprint density at radius 1 is 1.10 bits per heavy atom. The fourth-order valence-corrected chi connectivity index (χ4v) is 4.59. The Balaban J connectivity index is 2.54. The van der Waals surface area contributed by atoms with Crippen LogP contribution < -0.4 is 0 Å². The molecule has 120 valence electrons. The zero-order chi connectivity index (χ0) is 15.0. The molecule has 0 amide bonds. The first kappa shape index (κ1) is 18.4. The van der Waals surface area contributed by atoms with E-state index in [2.05, 4.69) is 53.5 Å². The third kappa shape index (κ3) is 5.31. The highest BCUT2D eigenvalue weighted by atomic mass is 79.9. The molecule has 0 N–H and O–H groups in total. The van der Waals surface area contributed by atoms with Gasteiger partial charge in [-0.25, -0.2) is 0 Å². The molecule has 0 saturated carbocycles. The first-order chi connectivity index (χ1) is 9.60. The molecule has 1 fully saturated rings. The van der Waals surface area contributed by atoms with E-state index in [9.17, 15) is 0 Å². The molecule has 0 radical (unpaired) electrons. The Kier molecular flexibility index (Phi) is 8.69. The second-order valence-corrected chi connectivity index (χ2v) is 7.27. The van der Waals surface area contributed by atoms with Gasteiger partial charge in [-0.3, -0.25) is 0 Å². The van der Waals surface area contributed by atoms with Crippen LogP contribution in [0.5, 0.6) is 0 Å². The molecule has 0 aromatic carbocycles. The number of likely N-dealkylation sites (tertiary alicyclic amines) is 1. The first-order valence-electron chi connectivity index (χ1n) is 8.59. The van der Waals surface area contributed by atoms with Gasteiger partial charge in [0.15, 0.2) is 0 Å². The van der Waals surface area contributed by atoms with E-state index in [4.69, 9.17) is 0 Å². The highest BCUT2D eigenvalue weighted by Crippen LogP contribution is 2.34. The molecule has 1 saturated heterocycles. The molecule has 0 spiro atoms. The van der Waals surface area contributed by atoms with Crippen molar-refractivity contribution >= 4 is 15.9 Å². The van der Waals surface area contributed by atoms with Crippen LogP contribution in [0.15, 0.2) is 0 Å². The molecule has 0 unspecified atom stereocenters. The summed E-state index contributed by atoms with van der Waals surface area (Å²) in [4.78, 5) is 5.25. The van der Waals surface area contributed by atoms with E-state index < -0.39 is 0 Å². The van der Waals surface area contributed by atoms with Crippen LogP contribution in [0.3, 0.4) is 0 Å². The molecule has 1 aliphatic heterocycles. The summed E-state index contributed by atoms with van der Waals surface area (Å²) in [6, 6.07) is 0.796. The van der Waals surface area contributed by atoms with Crippen LogP contribution in [0.4, 0.5) is 0 Å². The summed E-state index contributed by atoms with van der Waals surface area (Å²) < 4.78 is 0. The maximum absolute atomic E-state index is 3.81. The quantitative estimate of drug-likeness (QED) is 0.571. The van der Waals surface area contributed by atoms with Gasteiger partial charge in [-0.05, 0) is 57.8 Å². The molecule has 2 nitrogen and oxygen atoms in total. The fraction of sp³-hybridized carbons (Fsp3) is 1.00. The number of hydrogen-bond acceptors (Lipinski definition) is 2. The van der Waals surface area contributed by atoms with Gasteiger partial charge in [0.05, 0.1) is 0 Å². The van der Waals surface area contributed by atoms with Crippen molar-refractivity contribution < 1.29 is 0 Å². The number of alkyl halides is 1. The van der Waals surface area contributed by atoms with Crippen molar-refractivity contribution in [2.45, 2.75) is 65.3 Å². The van der Waals surface area contributed by atoms with Crippen LogP contribution in [-0.2, 0) is 0 Å². The average Bonchev–Trinajstić information content (AvgIpc) is 2.47. The molecular weight excluding hydrogens is 312 g/mol. The average molecular weight is 347 g/mol. The molecule has 1 aliphatic rings. The molecule has 20 heavy (non-hydrogen) atoms. The minimum absolute atomic E-state index is 0.486. The number of halogens is 1. The normalized spacial score (nSPS) is 18.9. The van der Waals surface area contributed by atoms with Crippen molar-refractivity contribution in [1.82, 2.24) is 9.80 Å². The van der Waals surface area contributed by atoms with Crippen LogP contribution in [0.1, 0.15) is 59.3 Å². The molecular formula is C17H35BrN2. The van der Waals surface area contributed by atoms with Crippen LogP contribution in [0.25, 0.3) is 0 Å². The van der Waals surface area contributed by atoms with Crippen molar-refractivity contribution in [2.75, 3.05) is 38.6 Å². The summed E-state index contributed by atoms with van der Waals surface area (Å²) >= 11 is 3.81. The van der Waals surface area contributed by atoms with Crippen LogP contribution in [0.2, 0.25) is 0 Å². The van der Waals surface area contributed by atoms with Gasteiger partial charge in [0.1, 0.15) is 0 Å². The van der Waals surface area contributed by atoms with Crippen molar-refractivity contribution in [3.63, 3.8) is 0 Å². The van der Waals surface area contributed by atoms with Crippen molar-refractivity contribution in [3.05, 3.63) is 0 Å². The molecule has 0 atom stereocenters. The Hall–Kier alpha value is 0.400. The third-order valence-electron chi connectivity index (χ3n) is 5.06. The smallest absolute Gasteiger partial charge is 0.0117 e. The van der Waals surface area contributed by atoms with E-state index in [1.165, 1.54) is 64.7 Å². The predicted octanol–water partition coefficient (Wildman–Crippen LogP) is 4.38. The van der Waals surface area contributed by atoms with Crippen LogP contribution in [-0.4, -0.2) is 54.4 Å². The number of nitrogens with zero attached hydrogens (tertiary/aromatic N) is 2. The number of piperidine rings is 1. The maximum atomic E-state index is 3.81. The van der Waals surface area contributed by atoms with E-state index in [1.807, 2.05) is 0 Å². The van der Waals surface area contributed by atoms with Crippen LogP contribution in [0, 0.1) is 5.41 Å². The van der Waals surface area contributed by atoms with Gasteiger partial charge < -0.3 is 9.80 Å². The summed E-state index contributed by atoms with van der Waals surface area (Å²) in [5.41, 5.74) is 0.486. The van der Waals surface area contributed by atoms with Gasteiger partial charge in [-0.1, -0.05) is 49.5 Å². The monoisotopic (exact) mass is 346 g/mol. The molecule has 0 bridgehead atoms. The highest BCUT2D eigenvalue weighted by Gasteiger charge is 2.31. The Labute approximate surface area is 135 Å². The van der Waals surface area contributed by atoms with E-state index in [-0.39, 0.29) is 0 Å². The van der Waals surface area contributed by atoms with Gasteiger partial charge in [-0.2, -0.15) is 0 Å². The standard InChI is InChI=1S/C17H35BrN2/c1-5-10-17(14-18,11-6-2)15-19(4)16-8-12-20(7-3)13-9-16/h16H,5-15H2,1-4H3. The third-order valence-corrected chi connectivity index (χ3v) is 6.25. The van der Waals surface area contributed by atoms with Gasteiger partial charge in [0.2, 0.25) is 0 Å². The summed E-state index contributed by atoms with van der Waals surface area (Å²) in [5, 5.41) is 1.15. The SMILES string of the molecule is CCCC(CBr)(CCC)CN(C)C1CCN(CC)CC1. The van der Waals surface area contributed by atoms with E-state index in [0.717, 1.165) is 11.4 Å². The largest absolute Gasteiger partial charge is 0.303 e. The molecule has 0 aliphatic carbocycles. The minimum Gasteiger partial charge on any atom is -0.303 e.